The first-order valence-electron chi connectivity index (χ1n) is 5.01. The highest BCUT2D eigenvalue weighted by Gasteiger charge is 2.06. The van der Waals surface area contributed by atoms with Gasteiger partial charge in [0.2, 0.25) is 5.82 Å². The number of rotatable bonds is 4. The third kappa shape index (κ3) is 2.93. The molecule has 2 rings (SSSR count). The first-order valence-corrected chi connectivity index (χ1v) is 5.80. The predicted molar refractivity (Wildman–Crippen MR) is 70.5 cm³/mol. The van der Waals surface area contributed by atoms with Crippen LogP contribution in [-0.4, -0.2) is 25.2 Å². The number of tetrazole rings is 1. The summed E-state index contributed by atoms with van der Waals surface area (Å²) in [5.41, 5.74) is 6.13. The summed E-state index contributed by atoms with van der Waals surface area (Å²) < 4.78 is 5.47. The number of thiocarbonyl (C=S) groups is 1. The molecule has 0 saturated heterocycles. The van der Waals surface area contributed by atoms with Crippen LogP contribution in [-0.2, 0) is 13.7 Å². The van der Waals surface area contributed by atoms with Gasteiger partial charge in [0.05, 0.1) is 12.1 Å². The molecule has 1 aromatic heterocycles. The molecule has 0 saturated carbocycles. The lowest BCUT2D eigenvalue weighted by Gasteiger charge is -2.06. The quantitative estimate of drug-likeness (QED) is 0.846. The molecular weight excluding hydrogens is 274 g/mol. The molecule has 0 bridgehead atoms. The van der Waals surface area contributed by atoms with Crippen molar-refractivity contribution < 1.29 is 4.74 Å². The molecule has 1 aromatic carbocycles. The Morgan fingerprint density at radius 3 is 2.89 bits per heavy atom. The van der Waals surface area contributed by atoms with Gasteiger partial charge in [-0.2, -0.15) is 4.80 Å². The van der Waals surface area contributed by atoms with Crippen LogP contribution < -0.4 is 10.5 Å². The van der Waals surface area contributed by atoms with E-state index in [1.807, 2.05) is 0 Å². The van der Waals surface area contributed by atoms with Crippen molar-refractivity contribution in [3.63, 3.8) is 0 Å². The largest absolute Gasteiger partial charge is 0.485 e. The van der Waals surface area contributed by atoms with E-state index in [1.165, 1.54) is 4.80 Å². The zero-order valence-electron chi connectivity index (χ0n) is 9.50. The average molecular weight is 284 g/mol. The van der Waals surface area contributed by atoms with Gasteiger partial charge in [-0.1, -0.05) is 23.8 Å². The Balaban J connectivity index is 2.06. The summed E-state index contributed by atoms with van der Waals surface area (Å²) in [5, 5.41) is 11.9. The van der Waals surface area contributed by atoms with Crippen molar-refractivity contribution in [2.24, 2.45) is 12.8 Å². The molecule has 0 amide bonds. The van der Waals surface area contributed by atoms with Gasteiger partial charge in [-0.25, -0.2) is 0 Å². The molecule has 6 nitrogen and oxygen atoms in total. The Morgan fingerprint density at radius 1 is 1.56 bits per heavy atom. The molecule has 2 N–H and O–H groups in total. The minimum Gasteiger partial charge on any atom is -0.485 e. The summed E-state index contributed by atoms with van der Waals surface area (Å²) in [6, 6.07) is 5.09. The maximum absolute atomic E-state index is 6.02. The maximum Gasteiger partial charge on any atom is 0.212 e. The second kappa shape index (κ2) is 5.28. The van der Waals surface area contributed by atoms with E-state index in [4.69, 9.17) is 34.3 Å². The Hall–Kier alpha value is -1.73. The molecule has 94 valence electrons. The molecular formula is C10H10ClN5OS. The minimum absolute atomic E-state index is 0.219. The van der Waals surface area contributed by atoms with Gasteiger partial charge in [-0.05, 0) is 23.4 Å². The highest BCUT2D eigenvalue weighted by Crippen LogP contribution is 2.22. The van der Waals surface area contributed by atoms with Gasteiger partial charge >= 0.3 is 0 Å². The van der Waals surface area contributed by atoms with E-state index in [0.717, 1.165) is 0 Å². The molecule has 0 aliphatic carbocycles. The van der Waals surface area contributed by atoms with Crippen molar-refractivity contribution in [2.75, 3.05) is 0 Å². The number of hydrogen-bond acceptors (Lipinski definition) is 5. The summed E-state index contributed by atoms with van der Waals surface area (Å²) in [6.07, 6.45) is 0. The topological polar surface area (TPSA) is 78.8 Å². The Morgan fingerprint density at radius 2 is 2.33 bits per heavy atom. The van der Waals surface area contributed by atoms with Gasteiger partial charge in [0.25, 0.3) is 0 Å². The summed E-state index contributed by atoms with van der Waals surface area (Å²) in [4.78, 5) is 1.61. The van der Waals surface area contributed by atoms with Crippen molar-refractivity contribution in [2.45, 2.75) is 6.61 Å². The Bertz CT molecular complexity index is 585. The lowest BCUT2D eigenvalue weighted by atomic mass is 10.2. The SMILES string of the molecule is Cn1nnc(COc2ccc(C(N)=S)c(Cl)c2)n1. The van der Waals surface area contributed by atoms with E-state index in [9.17, 15) is 0 Å². The van der Waals surface area contributed by atoms with Crippen LogP contribution in [0.3, 0.4) is 0 Å². The maximum atomic E-state index is 6.02. The molecule has 0 fully saturated rings. The number of nitrogens with two attached hydrogens (primary N) is 1. The smallest absolute Gasteiger partial charge is 0.212 e. The molecule has 0 radical (unpaired) electrons. The summed E-state index contributed by atoms with van der Waals surface area (Å²) in [7, 11) is 1.68. The zero-order chi connectivity index (χ0) is 13.1. The first kappa shape index (κ1) is 12.7. The molecule has 8 heteroatoms. The van der Waals surface area contributed by atoms with Crippen molar-refractivity contribution >= 4 is 28.8 Å². The lowest BCUT2D eigenvalue weighted by Crippen LogP contribution is -2.10. The van der Waals surface area contributed by atoms with Crippen LogP contribution in [0.4, 0.5) is 0 Å². The third-order valence-electron chi connectivity index (χ3n) is 2.12. The van der Waals surface area contributed by atoms with Gasteiger partial charge in [-0.3, -0.25) is 0 Å². The van der Waals surface area contributed by atoms with Gasteiger partial charge in [0, 0.05) is 5.56 Å². The van der Waals surface area contributed by atoms with Crippen molar-refractivity contribution in [3.05, 3.63) is 34.6 Å². The van der Waals surface area contributed by atoms with E-state index in [2.05, 4.69) is 15.4 Å². The number of nitrogens with zero attached hydrogens (tertiary/aromatic N) is 4. The van der Waals surface area contributed by atoms with E-state index in [0.29, 0.717) is 22.2 Å². The van der Waals surface area contributed by atoms with Crippen LogP contribution in [0.5, 0.6) is 5.75 Å². The molecule has 1 heterocycles. The second-order valence-corrected chi connectivity index (χ2v) is 4.34. The second-order valence-electron chi connectivity index (χ2n) is 3.49. The fourth-order valence-corrected chi connectivity index (χ4v) is 1.82. The van der Waals surface area contributed by atoms with Crippen molar-refractivity contribution in [1.82, 2.24) is 20.2 Å². The Labute approximate surface area is 114 Å². The average Bonchev–Trinajstić information content (AvgIpc) is 2.72. The number of halogens is 1. The minimum atomic E-state index is 0.219. The fraction of sp³-hybridized carbons (Fsp3) is 0.200. The molecule has 0 aliphatic heterocycles. The fourth-order valence-electron chi connectivity index (χ4n) is 1.31. The molecule has 0 unspecified atom stereocenters. The van der Waals surface area contributed by atoms with E-state index in [1.54, 1.807) is 25.2 Å². The summed E-state index contributed by atoms with van der Waals surface area (Å²) in [6.45, 7) is 0.219. The summed E-state index contributed by atoms with van der Waals surface area (Å²) >= 11 is 10.9. The van der Waals surface area contributed by atoms with Gasteiger partial charge in [-0.15, -0.1) is 10.2 Å². The summed E-state index contributed by atoms with van der Waals surface area (Å²) in [5.74, 6) is 1.08. The van der Waals surface area contributed by atoms with Crippen LogP contribution in [0.15, 0.2) is 18.2 Å². The van der Waals surface area contributed by atoms with E-state index < -0.39 is 0 Å². The monoisotopic (exact) mass is 283 g/mol. The predicted octanol–water partition coefficient (Wildman–Crippen LogP) is 1.08. The van der Waals surface area contributed by atoms with E-state index >= 15 is 0 Å². The van der Waals surface area contributed by atoms with Gasteiger partial charge < -0.3 is 10.5 Å². The van der Waals surface area contributed by atoms with Crippen LogP contribution in [0.2, 0.25) is 5.02 Å². The van der Waals surface area contributed by atoms with Crippen molar-refractivity contribution in [3.8, 4) is 5.75 Å². The number of hydrogen-bond donors (Lipinski definition) is 1. The molecule has 2 aromatic rings. The first-order chi connectivity index (χ1) is 8.56. The van der Waals surface area contributed by atoms with Crippen LogP contribution >= 0.6 is 23.8 Å². The standard InChI is InChI=1S/C10H10ClN5OS/c1-16-14-9(13-15-16)5-17-6-2-3-7(10(12)18)8(11)4-6/h2-4H,5H2,1H3,(H2,12,18). The van der Waals surface area contributed by atoms with Gasteiger partial charge in [0.1, 0.15) is 10.7 Å². The van der Waals surface area contributed by atoms with Gasteiger partial charge in [0.15, 0.2) is 6.61 Å². The highest BCUT2D eigenvalue weighted by atomic mass is 35.5. The van der Waals surface area contributed by atoms with Crippen LogP contribution in [0.25, 0.3) is 0 Å². The molecule has 0 atom stereocenters. The number of ether oxygens (including phenoxy) is 1. The van der Waals surface area contributed by atoms with E-state index in [-0.39, 0.29) is 11.6 Å². The number of benzene rings is 1. The Kier molecular flexibility index (Phi) is 3.73. The molecule has 18 heavy (non-hydrogen) atoms. The lowest BCUT2D eigenvalue weighted by molar-refractivity contribution is 0.295. The normalized spacial score (nSPS) is 10.3. The van der Waals surface area contributed by atoms with Crippen LogP contribution in [0.1, 0.15) is 11.4 Å². The zero-order valence-corrected chi connectivity index (χ0v) is 11.1. The highest BCUT2D eigenvalue weighted by molar-refractivity contribution is 7.80. The number of aromatic nitrogens is 4. The molecule has 0 spiro atoms. The van der Waals surface area contributed by atoms with Crippen LogP contribution in [0, 0.1) is 0 Å². The number of aryl methyl sites for hydroxylation is 1. The van der Waals surface area contributed by atoms with Crippen molar-refractivity contribution in [1.29, 1.82) is 0 Å². The third-order valence-corrected chi connectivity index (χ3v) is 2.66. The molecule has 0 aliphatic rings.